The van der Waals surface area contributed by atoms with E-state index in [1.54, 1.807) is 12.3 Å². The summed E-state index contributed by atoms with van der Waals surface area (Å²) >= 11 is 0. The van der Waals surface area contributed by atoms with E-state index in [4.69, 9.17) is 19.2 Å². The molecule has 3 atom stereocenters. The second kappa shape index (κ2) is 13.6. The van der Waals surface area contributed by atoms with Gasteiger partial charge in [0, 0.05) is 31.3 Å². The van der Waals surface area contributed by atoms with E-state index in [1.807, 2.05) is 69.4 Å². The van der Waals surface area contributed by atoms with Gasteiger partial charge in [-0.3, -0.25) is 4.90 Å². The zero-order valence-corrected chi connectivity index (χ0v) is 24.5. The maximum absolute atomic E-state index is 12.8. The molecular weight excluding hydrogens is 552 g/mol. The molecule has 1 aliphatic rings. The molecule has 2 aromatic heterocycles. The number of carboxylic acids is 1. The van der Waals surface area contributed by atoms with E-state index in [0.717, 1.165) is 28.0 Å². The average molecular weight is 589 g/mol. The molecule has 0 bridgehead atoms. The standard InChI is InChI=1S/C31H36N6O6/c1-4-41-23(16-32-3)18-36-20(2)34-26-12-8-11-24(28(26)36)25-13-14-33-30(35-25)43-22-15-27(29(38)39)37(17-22)31(40)42-19-21-9-6-5-7-10-21/h5-14,22-23,27,32H,4,15-19H2,1-3H3,(H,38,39)/t22-,23?,27-/m0/s1. The average Bonchev–Trinajstić information content (AvgIpc) is 3.57. The monoisotopic (exact) mass is 588 g/mol. The molecule has 4 aromatic rings. The Morgan fingerprint density at radius 3 is 2.67 bits per heavy atom. The molecule has 12 nitrogen and oxygen atoms in total. The molecule has 12 heteroatoms. The number of carbonyl (C=O) groups excluding carboxylic acids is 1. The predicted molar refractivity (Wildman–Crippen MR) is 159 cm³/mol. The first-order valence-electron chi connectivity index (χ1n) is 14.3. The van der Waals surface area contributed by atoms with Crippen LogP contribution in [0.2, 0.25) is 0 Å². The third-order valence-electron chi connectivity index (χ3n) is 7.35. The molecule has 1 aliphatic heterocycles. The van der Waals surface area contributed by atoms with Gasteiger partial charge in [-0.1, -0.05) is 42.5 Å². The van der Waals surface area contributed by atoms with Gasteiger partial charge in [-0.2, -0.15) is 4.98 Å². The topological polar surface area (TPSA) is 141 Å². The highest BCUT2D eigenvalue weighted by Gasteiger charge is 2.42. The van der Waals surface area contributed by atoms with Crippen LogP contribution in [0.3, 0.4) is 0 Å². The van der Waals surface area contributed by atoms with Gasteiger partial charge in [0.25, 0.3) is 0 Å². The van der Waals surface area contributed by atoms with Crippen molar-refractivity contribution in [2.24, 2.45) is 0 Å². The Hall–Kier alpha value is -4.55. The summed E-state index contributed by atoms with van der Waals surface area (Å²) in [6, 6.07) is 15.9. The molecule has 0 saturated carbocycles. The molecular formula is C31H36N6O6. The summed E-state index contributed by atoms with van der Waals surface area (Å²) in [5, 5.41) is 13.0. The Kier molecular flexibility index (Phi) is 9.48. The lowest BCUT2D eigenvalue weighted by molar-refractivity contribution is -0.141. The first-order chi connectivity index (χ1) is 20.9. The first kappa shape index (κ1) is 29.9. The first-order valence-corrected chi connectivity index (χ1v) is 14.3. The van der Waals surface area contributed by atoms with Crippen molar-refractivity contribution in [2.45, 2.75) is 51.7 Å². The zero-order valence-electron chi connectivity index (χ0n) is 24.5. The highest BCUT2D eigenvalue weighted by atomic mass is 16.6. The fourth-order valence-corrected chi connectivity index (χ4v) is 5.39. The molecule has 226 valence electrons. The van der Waals surface area contributed by atoms with E-state index in [0.29, 0.717) is 25.4 Å². The van der Waals surface area contributed by atoms with Crippen LogP contribution in [0.5, 0.6) is 6.01 Å². The number of nitrogens with zero attached hydrogens (tertiary/aromatic N) is 5. The Bertz CT molecular complexity index is 1560. The van der Waals surface area contributed by atoms with E-state index in [1.165, 1.54) is 4.90 Å². The highest BCUT2D eigenvalue weighted by Crippen LogP contribution is 2.30. The highest BCUT2D eigenvalue weighted by molar-refractivity contribution is 5.91. The summed E-state index contributed by atoms with van der Waals surface area (Å²) in [6.07, 6.45) is 0.294. The van der Waals surface area contributed by atoms with Crippen molar-refractivity contribution in [1.29, 1.82) is 0 Å². The maximum atomic E-state index is 12.8. The molecule has 1 amide bonds. The Morgan fingerprint density at radius 2 is 1.93 bits per heavy atom. The maximum Gasteiger partial charge on any atom is 0.410 e. The van der Waals surface area contributed by atoms with Gasteiger partial charge in [0.1, 0.15) is 24.6 Å². The van der Waals surface area contributed by atoms with Crippen molar-refractivity contribution in [1.82, 2.24) is 29.7 Å². The van der Waals surface area contributed by atoms with Crippen LogP contribution in [-0.2, 0) is 27.4 Å². The van der Waals surface area contributed by atoms with E-state index in [2.05, 4.69) is 19.9 Å². The number of rotatable bonds is 12. The minimum Gasteiger partial charge on any atom is -0.480 e. The van der Waals surface area contributed by atoms with E-state index in [9.17, 15) is 14.7 Å². The number of hydrogen-bond donors (Lipinski definition) is 2. The molecule has 0 radical (unpaired) electrons. The van der Waals surface area contributed by atoms with Crippen LogP contribution in [0.15, 0.2) is 60.8 Å². The van der Waals surface area contributed by atoms with Crippen molar-refractivity contribution < 1.29 is 28.9 Å². The molecule has 2 N–H and O–H groups in total. The van der Waals surface area contributed by atoms with E-state index < -0.39 is 24.2 Å². The molecule has 0 aliphatic carbocycles. The molecule has 2 aromatic carbocycles. The predicted octanol–water partition coefficient (Wildman–Crippen LogP) is 3.67. The molecule has 5 rings (SSSR count). The number of ether oxygens (including phenoxy) is 3. The summed E-state index contributed by atoms with van der Waals surface area (Å²) < 4.78 is 19.5. The van der Waals surface area contributed by atoms with Crippen molar-refractivity contribution >= 4 is 23.1 Å². The number of aliphatic carboxylic acids is 1. The van der Waals surface area contributed by atoms with Gasteiger partial charge in [0.15, 0.2) is 0 Å². The number of imidazole rings is 1. The van der Waals surface area contributed by atoms with Gasteiger partial charge >= 0.3 is 18.1 Å². The van der Waals surface area contributed by atoms with Gasteiger partial charge in [-0.15, -0.1) is 0 Å². The van der Waals surface area contributed by atoms with Gasteiger partial charge in [-0.05, 0) is 38.6 Å². The van der Waals surface area contributed by atoms with E-state index >= 15 is 0 Å². The number of benzene rings is 2. The Morgan fingerprint density at radius 1 is 1.12 bits per heavy atom. The third kappa shape index (κ3) is 6.92. The van der Waals surface area contributed by atoms with Crippen LogP contribution in [0, 0.1) is 6.92 Å². The van der Waals surface area contributed by atoms with Crippen molar-refractivity contribution in [3.8, 4) is 17.3 Å². The van der Waals surface area contributed by atoms with Gasteiger partial charge in [-0.25, -0.2) is 19.6 Å². The Balaban J connectivity index is 1.35. The number of para-hydroxylation sites is 1. The normalized spacial score (nSPS) is 17.2. The fraction of sp³-hybridized carbons (Fsp3) is 0.387. The van der Waals surface area contributed by atoms with Gasteiger partial charge in [0.05, 0.1) is 35.9 Å². The number of likely N-dealkylation sites (tertiary alicyclic amines) is 1. The SMILES string of the molecule is CCOC(CNC)Cn1c(C)nc2cccc(-c3ccnc(O[C@H]4C[C@@H](C(=O)O)N(C(=O)OCc5ccccc5)C4)n3)c21. The lowest BCUT2D eigenvalue weighted by Crippen LogP contribution is -2.40. The smallest absolute Gasteiger partial charge is 0.410 e. The van der Waals surface area contributed by atoms with Crippen LogP contribution in [0.4, 0.5) is 4.79 Å². The number of aromatic nitrogens is 4. The second-order valence-corrected chi connectivity index (χ2v) is 10.3. The number of nitrogens with one attached hydrogen (secondary N) is 1. The molecule has 3 heterocycles. The van der Waals surface area contributed by atoms with Crippen molar-refractivity contribution in [3.05, 3.63) is 72.2 Å². The summed E-state index contributed by atoms with van der Waals surface area (Å²) in [5.41, 5.74) is 4.04. The number of carbonyl (C=O) groups is 2. The largest absolute Gasteiger partial charge is 0.480 e. The Labute approximate surface area is 249 Å². The van der Waals surface area contributed by atoms with Crippen molar-refractivity contribution in [2.75, 3.05) is 26.7 Å². The third-order valence-corrected chi connectivity index (χ3v) is 7.35. The summed E-state index contributed by atoms with van der Waals surface area (Å²) in [7, 11) is 1.90. The number of hydrogen-bond acceptors (Lipinski definition) is 9. The minimum absolute atomic E-state index is 0.0318. The number of aryl methyl sites for hydroxylation is 1. The van der Waals surface area contributed by atoms with Crippen molar-refractivity contribution in [3.63, 3.8) is 0 Å². The number of amides is 1. The molecule has 1 saturated heterocycles. The van der Waals surface area contributed by atoms with Gasteiger partial charge in [0.2, 0.25) is 0 Å². The molecule has 1 unspecified atom stereocenters. The summed E-state index contributed by atoms with van der Waals surface area (Å²) in [6.45, 7) is 5.92. The van der Waals surface area contributed by atoms with Crippen LogP contribution < -0.4 is 10.1 Å². The van der Waals surface area contributed by atoms with Crippen LogP contribution in [0.1, 0.15) is 24.7 Å². The summed E-state index contributed by atoms with van der Waals surface area (Å²) in [5.74, 6) is -0.268. The lowest BCUT2D eigenvalue weighted by atomic mass is 10.1. The fourth-order valence-electron chi connectivity index (χ4n) is 5.39. The number of likely N-dealkylation sites (N-methyl/N-ethyl adjacent to an activating group) is 1. The van der Waals surface area contributed by atoms with E-state index in [-0.39, 0.29) is 31.7 Å². The van der Waals surface area contributed by atoms with Crippen LogP contribution >= 0.6 is 0 Å². The summed E-state index contributed by atoms with van der Waals surface area (Å²) in [4.78, 5) is 39.7. The van der Waals surface area contributed by atoms with Crippen LogP contribution in [0.25, 0.3) is 22.3 Å². The quantitative estimate of drug-likeness (QED) is 0.252. The molecule has 0 spiro atoms. The molecule has 43 heavy (non-hydrogen) atoms. The van der Waals surface area contributed by atoms with Crippen LogP contribution in [-0.4, -0.2) is 86.6 Å². The number of carboxylic acid groups (broad SMARTS) is 1. The minimum atomic E-state index is -1.13. The van der Waals surface area contributed by atoms with Gasteiger partial charge < -0.3 is 29.2 Å². The molecule has 1 fully saturated rings. The lowest BCUT2D eigenvalue weighted by Gasteiger charge is -2.20. The second-order valence-electron chi connectivity index (χ2n) is 10.3. The zero-order chi connectivity index (χ0) is 30.3. The number of fused-ring (bicyclic) bond motifs is 1.